The van der Waals surface area contributed by atoms with Gasteiger partial charge in [-0.15, -0.1) is 12.4 Å². The number of hydrogen-bond acceptors (Lipinski definition) is 2. The molecule has 0 radical (unpaired) electrons. The Balaban J connectivity index is 0.000000963. The van der Waals surface area contributed by atoms with Crippen LogP contribution in [0.4, 0.5) is 0 Å². The van der Waals surface area contributed by atoms with Gasteiger partial charge in [0, 0.05) is 12.6 Å². The summed E-state index contributed by atoms with van der Waals surface area (Å²) in [5.41, 5.74) is 0. The Morgan fingerprint density at radius 2 is 1.50 bits per heavy atom. The van der Waals surface area contributed by atoms with E-state index in [1.54, 1.807) is 0 Å². The quantitative estimate of drug-likeness (QED) is 0.799. The fourth-order valence-corrected chi connectivity index (χ4v) is 2.64. The third-order valence-corrected chi connectivity index (χ3v) is 4.19. The summed E-state index contributed by atoms with van der Waals surface area (Å²) >= 11 is 0. The summed E-state index contributed by atoms with van der Waals surface area (Å²) in [4.78, 5) is 2.69. The van der Waals surface area contributed by atoms with Crippen molar-refractivity contribution in [3.05, 3.63) is 0 Å². The van der Waals surface area contributed by atoms with Crippen molar-refractivity contribution in [1.29, 1.82) is 0 Å². The average molecular weight is 245 g/mol. The molecule has 2 nitrogen and oxygen atoms in total. The third-order valence-electron chi connectivity index (χ3n) is 4.19. The molecule has 1 aliphatic heterocycles. The van der Waals surface area contributed by atoms with Crippen LogP contribution >= 0.6 is 12.4 Å². The van der Waals surface area contributed by atoms with Gasteiger partial charge >= 0.3 is 0 Å². The molecule has 16 heavy (non-hydrogen) atoms. The molecule has 0 aromatic carbocycles. The SMILES string of the molecule is C1CC1CNC1CCN(CC2CC2)CC1.Cl. The summed E-state index contributed by atoms with van der Waals surface area (Å²) < 4.78 is 0. The topological polar surface area (TPSA) is 15.3 Å². The monoisotopic (exact) mass is 244 g/mol. The Hall–Kier alpha value is 0.210. The van der Waals surface area contributed by atoms with Gasteiger partial charge in [-0.3, -0.25) is 0 Å². The Labute approximate surface area is 106 Å². The van der Waals surface area contributed by atoms with Gasteiger partial charge in [0.2, 0.25) is 0 Å². The van der Waals surface area contributed by atoms with E-state index in [1.165, 1.54) is 64.7 Å². The van der Waals surface area contributed by atoms with Crippen molar-refractivity contribution in [2.45, 2.75) is 44.6 Å². The summed E-state index contributed by atoms with van der Waals surface area (Å²) in [5.74, 6) is 2.11. The standard InChI is InChI=1S/C13H24N2.ClH/c1-2-11(1)9-14-13-5-7-15(8-6-13)10-12-3-4-12;/h11-14H,1-10H2;1H. The predicted octanol–water partition coefficient (Wildman–Crippen LogP) is 2.28. The number of likely N-dealkylation sites (tertiary alicyclic amines) is 1. The lowest BCUT2D eigenvalue weighted by atomic mass is 10.0. The van der Waals surface area contributed by atoms with Gasteiger partial charge in [-0.1, -0.05) is 0 Å². The lowest BCUT2D eigenvalue weighted by Crippen LogP contribution is -2.43. The van der Waals surface area contributed by atoms with Crippen molar-refractivity contribution in [2.75, 3.05) is 26.2 Å². The number of nitrogens with zero attached hydrogens (tertiary/aromatic N) is 1. The van der Waals surface area contributed by atoms with Gasteiger partial charge in [-0.05, 0) is 70.0 Å². The second kappa shape index (κ2) is 5.70. The van der Waals surface area contributed by atoms with Crippen LogP contribution in [0.5, 0.6) is 0 Å². The number of nitrogens with one attached hydrogen (secondary N) is 1. The van der Waals surface area contributed by atoms with Crippen molar-refractivity contribution in [3.8, 4) is 0 Å². The molecule has 0 bridgehead atoms. The highest BCUT2D eigenvalue weighted by molar-refractivity contribution is 5.85. The first-order chi connectivity index (χ1) is 7.40. The fourth-order valence-electron chi connectivity index (χ4n) is 2.64. The van der Waals surface area contributed by atoms with Crippen LogP contribution in [0, 0.1) is 11.8 Å². The molecule has 1 N–H and O–H groups in total. The normalized spacial score (nSPS) is 27.8. The van der Waals surface area contributed by atoms with Crippen LogP contribution in [0.3, 0.4) is 0 Å². The van der Waals surface area contributed by atoms with Gasteiger partial charge in [0.05, 0.1) is 0 Å². The van der Waals surface area contributed by atoms with E-state index >= 15 is 0 Å². The summed E-state index contributed by atoms with van der Waals surface area (Å²) in [6.45, 7) is 5.39. The molecule has 3 aliphatic rings. The Kier molecular flexibility index (Phi) is 4.51. The molecule has 1 heterocycles. The van der Waals surface area contributed by atoms with Crippen LogP contribution in [-0.4, -0.2) is 37.1 Å². The second-order valence-corrected chi connectivity index (χ2v) is 5.87. The molecule has 94 valence electrons. The largest absolute Gasteiger partial charge is 0.314 e. The molecule has 0 amide bonds. The van der Waals surface area contributed by atoms with Crippen LogP contribution in [0.25, 0.3) is 0 Å². The summed E-state index contributed by atoms with van der Waals surface area (Å²) in [5, 5.41) is 3.75. The maximum absolute atomic E-state index is 3.75. The lowest BCUT2D eigenvalue weighted by Gasteiger charge is -2.32. The van der Waals surface area contributed by atoms with Crippen molar-refractivity contribution >= 4 is 12.4 Å². The van der Waals surface area contributed by atoms with Gasteiger partial charge < -0.3 is 10.2 Å². The molecular weight excluding hydrogens is 220 g/mol. The molecule has 3 fully saturated rings. The highest BCUT2D eigenvalue weighted by atomic mass is 35.5. The molecule has 2 saturated carbocycles. The highest BCUT2D eigenvalue weighted by Gasteiger charge is 2.28. The van der Waals surface area contributed by atoms with Gasteiger partial charge in [-0.2, -0.15) is 0 Å². The van der Waals surface area contributed by atoms with Crippen LogP contribution in [0.2, 0.25) is 0 Å². The zero-order valence-corrected chi connectivity index (χ0v) is 11.0. The van der Waals surface area contributed by atoms with E-state index in [0.717, 1.165) is 17.9 Å². The van der Waals surface area contributed by atoms with Gasteiger partial charge in [0.25, 0.3) is 0 Å². The summed E-state index contributed by atoms with van der Waals surface area (Å²) in [7, 11) is 0. The van der Waals surface area contributed by atoms with Crippen LogP contribution in [0.1, 0.15) is 38.5 Å². The molecule has 0 unspecified atom stereocenters. The molecule has 1 saturated heterocycles. The Morgan fingerprint density at radius 3 is 2.06 bits per heavy atom. The van der Waals surface area contributed by atoms with Crippen LogP contribution < -0.4 is 5.32 Å². The van der Waals surface area contributed by atoms with E-state index in [4.69, 9.17) is 0 Å². The Morgan fingerprint density at radius 1 is 0.875 bits per heavy atom. The highest BCUT2D eigenvalue weighted by Crippen LogP contribution is 2.31. The Bertz CT molecular complexity index is 206. The van der Waals surface area contributed by atoms with E-state index < -0.39 is 0 Å². The fraction of sp³-hybridized carbons (Fsp3) is 1.00. The van der Waals surface area contributed by atoms with E-state index in [2.05, 4.69) is 10.2 Å². The van der Waals surface area contributed by atoms with E-state index in [9.17, 15) is 0 Å². The first-order valence-electron chi connectivity index (χ1n) is 6.86. The molecule has 2 aliphatic carbocycles. The molecule has 0 atom stereocenters. The minimum atomic E-state index is 0. The average Bonchev–Trinajstić information content (AvgIpc) is 3.12. The molecule has 3 rings (SSSR count). The van der Waals surface area contributed by atoms with Crippen molar-refractivity contribution in [2.24, 2.45) is 11.8 Å². The van der Waals surface area contributed by atoms with E-state index in [-0.39, 0.29) is 12.4 Å². The first-order valence-corrected chi connectivity index (χ1v) is 6.86. The van der Waals surface area contributed by atoms with Crippen molar-refractivity contribution in [1.82, 2.24) is 10.2 Å². The van der Waals surface area contributed by atoms with Crippen LogP contribution in [-0.2, 0) is 0 Å². The lowest BCUT2D eigenvalue weighted by molar-refractivity contribution is 0.190. The maximum Gasteiger partial charge on any atom is 0.00915 e. The van der Waals surface area contributed by atoms with E-state index in [1.807, 2.05) is 0 Å². The molecule has 3 heteroatoms. The third kappa shape index (κ3) is 3.90. The van der Waals surface area contributed by atoms with Crippen molar-refractivity contribution < 1.29 is 0 Å². The minimum absolute atomic E-state index is 0. The predicted molar refractivity (Wildman–Crippen MR) is 70.2 cm³/mol. The van der Waals surface area contributed by atoms with Gasteiger partial charge in [-0.25, -0.2) is 0 Å². The summed E-state index contributed by atoms with van der Waals surface area (Å²) in [6.07, 6.45) is 8.74. The van der Waals surface area contributed by atoms with Gasteiger partial charge in [0.1, 0.15) is 0 Å². The summed E-state index contributed by atoms with van der Waals surface area (Å²) in [6, 6.07) is 0.834. The van der Waals surface area contributed by atoms with E-state index in [0.29, 0.717) is 0 Å². The molecular formula is C13H25ClN2. The zero-order valence-electron chi connectivity index (χ0n) is 10.2. The maximum atomic E-state index is 3.75. The van der Waals surface area contributed by atoms with Gasteiger partial charge in [0.15, 0.2) is 0 Å². The van der Waals surface area contributed by atoms with Crippen molar-refractivity contribution in [3.63, 3.8) is 0 Å². The first kappa shape index (κ1) is 12.7. The second-order valence-electron chi connectivity index (χ2n) is 5.87. The smallest absolute Gasteiger partial charge is 0.00915 e. The molecule has 0 aromatic heterocycles. The zero-order chi connectivity index (χ0) is 10.1. The van der Waals surface area contributed by atoms with Crippen LogP contribution in [0.15, 0.2) is 0 Å². The molecule has 0 aromatic rings. The number of halogens is 1. The number of rotatable bonds is 5. The molecule has 0 spiro atoms. The number of hydrogen-bond donors (Lipinski definition) is 1. The number of piperidine rings is 1. The minimum Gasteiger partial charge on any atom is -0.314 e.